The van der Waals surface area contributed by atoms with Gasteiger partial charge in [-0.3, -0.25) is 9.36 Å². The molecule has 23 heavy (non-hydrogen) atoms. The lowest BCUT2D eigenvalue weighted by Crippen LogP contribution is -2.10. The van der Waals surface area contributed by atoms with Crippen LogP contribution in [-0.2, 0) is 4.79 Å². The van der Waals surface area contributed by atoms with Gasteiger partial charge < -0.3 is 4.42 Å². The van der Waals surface area contributed by atoms with Crippen LogP contribution >= 0.6 is 11.8 Å². The lowest BCUT2D eigenvalue weighted by atomic mass is 10.2. The van der Waals surface area contributed by atoms with Crippen LogP contribution < -0.4 is 0 Å². The minimum atomic E-state index is -0.181. The molecule has 1 atom stereocenters. The van der Waals surface area contributed by atoms with Gasteiger partial charge in [0.05, 0.1) is 17.1 Å². The summed E-state index contributed by atoms with van der Waals surface area (Å²) < 4.78 is 7.36. The Morgan fingerprint density at radius 2 is 1.96 bits per heavy atom. The van der Waals surface area contributed by atoms with Gasteiger partial charge in [0.1, 0.15) is 11.5 Å². The maximum Gasteiger partial charge on any atom is 0.196 e. The molecule has 0 N–H and O–H groups in total. The van der Waals surface area contributed by atoms with Gasteiger partial charge >= 0.3 is 0 Å². The molecule has 5 nitrogen and oxygen atoms in total. The molecule has 118 valence electrons. The third-order valence-corrected chi connectivity index (χ3v) is 4.76. The molecular formula is C17H17N3O2S. The Hall–Kier alpha value is -2.34. The van der Waals surface area contributed by atoms with E-state index in [1.54, 1.807) is 13.2 Å². The first-order chi connectivity index (χ1) is 11.1. The Labute approximate surface area is 138 Å². The number of furan rings is 1. The molecular weight excluding hydrogens is 310 g/mol. The second kappa shape index (κ2) is 6.42. The first-order valence-corrected chi connectivity index (χ1v) is 8.18. The summed E-state index contributed by atoms with van der Waals surface area (Å²) in [6, 6.07) is 11.7. The zero-order chi connectivity index (χ0) is 16.4. The van der Waals surface area contributed by atoms with Crippen molar-refractivity contribution < 1.29 is 9.21 Å². The van der Waals surface area contributed by atoms with Gasteiger partial charge in [0.15, 0.2) is 11.0 Å². The van der Waals surface area contributed by atoms with E-state index in [4.69, 9.17) is 4.42 Å². The monoisotopic (exact) mass is 327 g/mol. The number of aromatic nitrogens is 3. The number of aryl methyl sites for hydroxylation is 1. The number of rotatable bonds is 5. The summed E-state index contributed by atoms with van der Waals surface area (Å²) in [6.45, 7) is 5.35. The van der Waals surface area contributed by atoms with Gasteiger partial charge in [0.2, 0.25) is 0 Å². The molecule has 0 aliphatic rings. The van der Waals surface area contributed by atoms with E-state index in [0.29, 0.717) is 11.0 Å². The molecule has 1 unspecified atom stereocenters. The normalized spacial score (nSPS) is 12.3. The van der Waals surface area contributed by atoms with Crippen molar-refractivity contribution in [3.8, 4) is 17.1 Å². The molecule has 0 aliphatic carbocycles. The zero-order valence-corrected chi connectivity index (χ0v) is 14.0. The Morgan fingerprint density at radius 1 is 1.22 bits per heavy atom. The number of nitrogens with zero attached hydrogens (tertiary/aromatic N) is 3. The lowest BCUT2D eigenvalue weighted by Gasteiger charge is -2.11. The Morgan fingerprint density at radius 3 is 2.57 bits per heavy atom. The predicted molar refractivity (Wildman–Crippen MR) is 89.8 cm³/mol. The largest absolute Gasteiger partial charge is 0.469 e. The molecule has 3 aromatic rings. The minimum Gasteiger partial charge on any atom is -0.469 e. The quantitative estimate of drug-likeness (QED) is 0.665. The van der Waals surface area contributed by atoms with Crippen LogP contribution in [0.25, 0.3) is 17.1 Å². The van der Waals surface area contributed by atoms with Gasteiger partial charge in [-0.2, -0.15) is 0 Å². The number of ketones is 1. The average molecular weight is 327 g/mol. The van der Waals surface area contributed by atoms with Crippen LogP contribution in [0.2, 0.25) is 0 Å². The maximum atomic E-state index is 11.6. The van der Waals surface area contributed by atoms with E-state index in [1.165, 1.54) is 11.8 Å². The molecule has 2 heterocycles. The van der Waals surface area contributed by atoms with E-state index in [9.17, 15) is 4.79 Å². The number of Topliss-reactive ketones (excluding diaryl/α,β-unsaturated/α-hetero) is 1. The highest BCUT2D eigenvalue weighted by molar-refractivity contribution is 8.00. The summed E-state index contributed by atoms with van der Waals surface area (Å²) in [4.78, 5) is 11.6. The summed E-state index contributed by atoms with van der Waals surface area (Å²) in [5, 5.41) is 9.13. The SMILES string of the molecule is CC(=O)C(C)Sc1nnc(-c2ccoc2C)n1-c1ccccc1. The number of hydrogen-bond acceptors (Lipinski definition) is 5. The van der Waals surface area contributed by atoms with Gasteiger partial charge in [-0.05, 0) is 39.0 Å². The lowest BCUT2D eigenvalue weighted by molar-refractivity contribution is -0.116. The second-order valence-corrected chi connectivity index (χ2v) is 6.55. The van der Waals surface area contributed by atoms with Crippen LogP contribution in [0.5, 0.6) is 0 Å². The number of carbonyl (C=O) groups is 1. The van der Waals surface area contributed by atoms with Crippen LogP contribution in [0.4, 0.5) is 0 Å². The minimum absolute atomic E-state index is 0.110. The molecule has 0 radical (unpaired) electrons. The van der Waals surface area contributed by atoms with Crippen molar-refractivity contribution in [1.82, 2.24) is 14.8 Å². The predicted octanol–water partition coefficient (Wildman–Crippen LogP) is 3.91. The molecule has 0 spiro atoms. The molecule has 1 aromatic carbocycles. The summed E-state index contributed by atoms with van der Waals surface area (Å²) >= 11 is 1.41. The first-order valence-electron chi connectivity index (χ1n) is 7.30. The van der Waals surface area contributed by atoms with E-state index in [1.807, 2.05) is 54.8 Å². The summed E-state index contributed by atoms with van der Waals surface area (Å²) in [5.74, 6) is 1.60. The van der Waals surface area contributed by atoms with E-state index in [-0.39, 0.29) is 11.0 Å². The standard InChI is InChI=1S/C17H17N3O2S/c1-11(21)13(3)23-17-19-18-16(15-9-10-22-12(15)2)20(17)14-7-5-4-6-8-14/h4-10,13H,1-3H3. The molecule has 3 rings (SSSR count). The first kappa shape index (κ1) is 15.6. The van der Waals surface area contributed by atoms with Crippen molar-refractivity contribution in [1.29, 1.82) is 0 Å². The van der Waals surface area contributed by atoms with Crippen molar-refractivity contribution >= 4 is 17.5 Å². The van der Waals surface area contributed by atoms with Gasteiger partial charge in [-0.15, -0.1) is 10.2 Å². The fourth-order valence-electron chi connectivity index (χ4n) is 2.19. The third-order valence-electron chi connectivity index (χ3n) is 3.60. The van der Waals surface area contributed by atoms with Crippen LogP contribution in [0.3, 0.4) is 0 Å². The molecule has 2 aromatic heterocycles. The molecule has 0 saturated carbocycles. The molecule has 6 heteroatoms. The van der Waals surface area contributed by atoms with Gasteiger partial charge in [0.25, 0.3) is 0 Å². The molecule has 0 fully saturated rings. The zero-order valence-electron chi connectivity index (χ0n) is 13.2. The fourth-order valence-corrected chi connectivity index (χ4v) is 3.06. The summed E-state index contributed by atoms with van der Waals surface area (Å²) in [7, 11) is 0. The molecule has 0 saturated heterocycles. The van der Waals surface area contributed by atoms with Crippen molar-refractivity contribution in [2.45, 2.75) is 31.2 Å². The van der Waals surface area contributed by atoms with Crippen LogP contribution in [0.15, 0.2) is 52.2 Å². The van der Waals surface area contributed by atoms with Gasteiger partial charge in [-0.1, -0.05) is 30.0 Å². The highest BCUT2D eigenvalue weighted by Gasteiger charge is 2.21. The molecule has 0 amide bonds. The molecule has 0 aliphatic heterocycles. The Bertz CT molecular complexity index is 823. The van der Waals surface area contributed by atoms with Crippen molar-refractivity contribution in [2.24, 2.45) is 0 Å². The molecule has 0 bridgehead atoms. The van der Waals surface area contributed by atoms with E-state index in [0.717, 1.165) is 17.0 Å². The fraction of sp³-hybridized carbons (Fsp3) is 0.235. The number of thioether (sulfide) groups is 1. The maximum absolute atomic E-state index is 11.6. The second-order valence-electron chi connectivity index (χ2n) is 5.24. The summed E-state index contributed by atoms with van der Waals surface area (Å²) in [6.07, 6.45) is 1.64. The highest BCUT2D eigenvalue weighted by Crippen LogP contribution is 2.31. The summed E-state index contributed by atoms with van der Waals surface area (Å²) in [5.41, 5.74) is 1.84. The third kappa shape index (κ3) is 3.07. The highest BCUT2D eigenvalue weighted by atomic mass is 32.2. The smallest absolute Gasteiger partial charge is 0.196 e. The van der Waals surface area contributed by atoms with Crippen molar-refractivity contribution in [3.05, 3.63) is 48.4 Å². The van der Waals surface area contributed by atoms with Gasteiger partial charge in [0, 0.05) is 5.69 Å². The van der Waals surface area contributed by atoms with Crippen LogP contribution in [0.1, 0.15) is 19.6 Å². The van der Waals surface area contributed by atoms with Crippen molar-refractivity contribution in [3.63, 3.8) is 0 Å². The average Bonchev–Trinajstić information content (AvgIpc) is 3.14. The van der Waals surface area contributed by atoms with E-state index in [2.05, 4.69) is 10.2 Å². The van der Waals surface area contributed by atoms with E-state index >= 15 is 0 Å². The number of benzene rings is 1. The topological polar surface area (TPSA) is 60.9 Å². The van der Waals surface area contributed by atoms with Gasteiger partial charge in [-0.25, -0.2) is 0 Å². The number of para-hydroxylation sites is 1. The van der Waals surface area contributed by atoms with Crippen LogP contribution in [-0.4, -0.2) is 25.8 Å². The van der Waals surface area contributed by atoms with E-state index < -0.39 is 0 Å². The Kier molecular flexibility index (Phi) is 4.34. The van der Waals surface area contributed by atoms with Crippen LogP contribution in [0, 0.1) is 6.92 Å². The number of carbonyl (C=O) groups excluding carboxylic acids is 1. The Balaban J connectivity index is 2.13. The van der Waals surface area contributed by atoms with Crippen molar-refractivity contribution in [2.75, 3.05) is 0 Å². The number of hydrogen-bond donors (Lipinski definition) is 0.